The molecule has 1 aromatic carbocycles. The fourth-order valence-corrected chi connectivity index (χ4v) is 5.82. The van der Waals surface area contributed by atoms with Crippen LogP contribution in [0.15, 0.2) is 24.3 Å². The minimum absolute atomic E-state index is 0.0418. The number of carbonyl (C=O) groups is 3. The van der Waals surface area contributed by atoms with Crippen LogP contribution in [0, 0.1) is 17.2 Å². The zero-order valence-electron chi connectivity index (χ0n) is 20.9. The molecule has 3 rings (SSSR count). The first-order chi connectivity index (χ1) is 16.9. The Kier molecular flexibility index (Phi) is 10.1. The molecule has 35 heavy (non-hydrogen) atoms. The van der Waals surface area contributed by atoms with Gasteiger partial charge in [0.1, 0.15) is 11.9 Å². The number of benzene rings is 1. The van der Waals surface area contributed by atoms with E-state index in [1.165, 1.54) is 24.3 Å². The number of hydrogen-bond donors (Lipinski definition) is 3. The van der Waals surface area contributed by atoms with Gasteiger partial charge in [-0.15, -0.1) is 0 Å². The number of rotatable bonds is 12. The van der Waals surface area contributed by atoms with Crippen LogP contribution in [0.5, 0.6) is 0 Å². The lowest BCUT2D eigenvalue weighted by atomic mass is 9.77. The van der Waals surface area contributed by atoms with E-state index in [0.29, 0.717) is 25.1 Å². The van der Waals surface area contributed by atoms with Crippen molar-refractivity contribution < 1.29 is 24.0 Å². The van der Waals surface area contributed by atoms with Gasteiger partial charge in [-0.1, -0.05) is 58.3 Å². The summed E-state index contributed by atoms with van der Waals surface area (Å²) in [5.41, 5.74) is 1.29. The molecule has 2 fully saturated rings. The van der Waals surface area contributed by atoms with E-state index in [1.54, 1.807) is 10.4 Å². The van der Waals surface area contributed by atoms with Gasteiger partial charge in [-0.05, 0) is 55.9 Å². The maximum absolute atomic E-state index is 13.9. The highest BCUT2D eigenvalue weighted by atomic mass is 19.1. The Balaban J connectivity index is 1.81. The quantitative estimate of drug-likeness (QED) is 0.214. The second-order valence-electron chi connectivity index (χ2n) is 10.2. The molecule has 2 aliphatic rings. The third-order valence-corrected chi connectivity index (χ3v) is 7.74. The van der Waals surface area contributed by atoms with E-state index in [0.717, 1.165) is 64.2 Å². The van der Waals surface area contributed by atoms with Crippen LogP contribution in [0.4, 0.5) is 10.1 Å². The normalized spacial score (nSPS) is 21.7. The molecule has 0 bridgehead atoms. The molecule has 0 radical (unpaired) electrons. The second kappa shape index (κ2) is 13.0. The van der Waals surface area contributed by atoms with Gasteiger partial charge in [0, 0.05) is 18.7 Å². The minimum Gasteiger partial charge on any atom is -0.330 e. The van der Waals surface area contributed by atoms with E-state index >= 15 is 0 Å². The van der Waals surface area contributed by atoms with Crippen LogP contribution in [-0.4, -0.2) is 40.4 Å². The largest absolute Gasteiger partial charge is 0.330 e. The topological polar surface area (TPSA) is 98.7 Å². The molecular weight excluding hydrogens is 449 g/mol. The second-order valence-corrected chi connectivity index (χ2v) is 10.2. The number of carbonyl (C=O) groups excluding carboxylic acids is 3. The Hall–Kier alpha value is -2.48. The van der Waals surface area contributed by atoms with Gasteiger partial charge in [-0.2, -0.15) is 0 Å². The van der Waals surface area contributed by atoms with Crippen LogP contribution in [0.3, 0.4) is 0 Å². The fourth-order valence-electron chi connectivity index (χ4n) is 5.82. The van der Waals surface area contributed by atoms with Crippen LogP contribution in [-0.2, 0) is 14.4 Å². The number of hydroxylamine groups is 1. The van der Waals surface area contributed by atoms with Crippen molar-refractivity contribution in [3.05, 3.63) is 30.1 Å². The summed E-state index contributed by atoms with van der Waals surface area (Å²) in [6.45, 7) is 2.55. The van der Waals surface area contributed by atoms with Crippen molar-refractivity contribution in [2.24, 2.45) is 11.3 Å². The van der Waals surface area contributed by atoms with E-state index in [9.17, 15) is 24.0 Å². The summed E-state index contributed by atoms with van der Waals surface area (Å²) in [7, 11) is 0. The molecule has 3 amide bonds. The van der Waals surface area contributed by atoms with E-state index in [1.807, 2.05) is 0 Å². The van der Waals surface area contributed by atoms with Crippen LogP contribution < -0.4 is 10.8 Å². The molecule has 0 unspecified atom stereocenters. The number of amides is 3. The predicted molar refractivity (Wildman–Crippen MR) is 132 cm³/mol. The number of anilines is 1. The summed E-state index contributed by atoms with van der Waals surface area (Å²) in [4.78, 5) is 41.3. The van der Waals surface area contributed by atoms with Gasteiger partial charge in [0.15, 0.2) is 0 Å². The van der Waals surface area contributed by atoms with Gasteiger partial charge in [-0.3, -0.25) is 19.6 Å². The lowest BCUT2D eigenvalue weighted by Gasteiger charge is -2.37. The molecule has 1 aliphatic heterocycles. The fraction of sp³-hybridized carbons (Fsp3) is 0.667. The Bertz CT molecular complexity index is 856. The van der Waals surface area contributed by atoms with Crippen molar-refractivity contribution >= 4 is 23.4 Å². The highest BCUT2D eigenvalue weighted by Crippen LogP contribution is 2.43. The van der Waals surface area contributed by atoms with Crippen LogP contribution >= 0.6 is 0 Å². The van der Waals surface area contributed by atoms with Crippen molar-refractivity contribution in [1.82, 2.24) is 10.4 Å². The maximum Gasteiger partial charge on any atom is 0.247 e. The Labute approximate surface area is 207 Å². The van der Waals surface area contributed by atoms with Gasteiger partial charge >= 0.3 is 0 Å². The van der Waals surface area contributed by atoms with Crippen molar-refractivity contribution in [2.75, 3.05) is 11.9 Å². The van der Waals surface area contributed by atoms with Gasteiger partial charge in [0.05, 0.1) is 5.41 Å². The molecule has 1 saturated heterocycles. The zero-order valence-corrected chi connectivity index (χ0v) is 20.9. The van der Waals surface area contributed by atoms with Gasteiger partial charge < -0.3 is 10.2 Å². The molecule has 8 heteroatoms. The van der Waals surface area contributed by atoms with Crippen molar-refractivity contribution in [3.8, 4) is 0 Å². The van der Waals surface area contributed by atoms with E-state index in [-0.39, 0.29) is 30.0 Å². The number of hydrogen-bond acceptors (Lipinski definition) is 4. The molecule has 1 saturated carbocycles. The monoisotopic (exact) mass is 489 g/mol. The van der Waals surface area contributed by atoms with Gasteiger partial charge in [0.25, 0.3) is 0 Å². The Morgan fingerprint density at radius 3 is 2.46 bits per heavy atom. The van der Waals surface area contributed by atoms with Crippen LogP contribution in [0.2, 0.25) is 0 Å². The van der Waals surface area contributed by atoms with E-state index in [2.05, 4.69) is 12.2 Å². The number of unbranched alkanes of at least 4 members (excludes halogenated alkanes) is 4. The number of nitrogens with one attached hydrogen (secondary N) is 2. The molecule has 1 aromatic rings. The minimum atomic E-state index is -0.901. The molecule has 2 atom stereocenters. The SMILES string of the molecule is CCCCCCC[C@@]1(CC(=O)NO)CCN([C@@H](C(=O)Nc2ccc(F)cc2)C2CCCCC2)C1=O. The Morgan fingerprint density at radius 1 is 1.11 bits per heavy atom. The number of likely N-dealkylation sites (tertiary alicyclic amines) is 1. The first-order valence-electron chi connectivity index (χ1n) is 13.2. The predicted octanol–water partition coefficient (Wildman–Crippen LogP) is 5.19. The molecule has 0 aromatic heterocycles. The van der Waals surface area contributed by atoms with Crippen molar-refractivity contribution in [1.29, 1.82) is 0 Å². The van der Waals surface area contributed by atoms with Crippen molar-refractivity contribution in [3.63, 3.8) is 0 Å². The average molecular weight is 490 g/mol. The molecule has 3 N–H and O–H groups in total. The third kappa shape index (κ3) is 7.03. The highest BCUT2D eigenvalue weighted by molar-refractivity contribution is 5.99. The molecule has 7 nitrogen and oxygen atoms in total. The smallest absolute Gasteiger partial charge is 0.247 e. The Morgan fingerprint density at radius 2 is 1.80 bits per heavy atom. The molecule has 0 spiro atoms. The first kappa shape index (κ1) is 27.1. The number of halogens is 1. The zero-order chi connectivity index (χ0) is 25.3. The summed E-state index contributed by atoms with van der Waals surface area (Å²) in [5, 5.41) is 12.1. The van der Waals surface area contributed by atoms with Crippen molar-refractivity contribution in [2.45, 2.75) is 96.4 Å². The molecule has 1 aliphatic carbocycles. The van der Waals surface area contributed by atoms with Gasteiger partial charge in [0.2, 0.25) is 17.7 Å². The van der Waals surface area contributed by atoms with Gasteiger partial charge in [-0.25, -0.2) is 9.87 Å². The lowest BCUT2D eigenvalue weighted by Crippen LogP contribution is -2.52. The summed E-state index contributed by atoms with van der Waals surface area (Å²) in [5.74, 6) is -1.34. The summed E-state index contributed by atoms with van der Waals surface area (Å²) < 4.78 is 13.3. The molecule has 1 heterocycles. The molecular formula is C27H40FN3O4. The summed E-state index contributed by atoms with van der Waals surface area (Å²) >= 11 is 0. The highest BCUT2D eigenvalue weighted by Gasteiger charge is 2.51. The lowest BCUT2D eigenvalue weighted by molar-refractivity contribution is -0.147. The average Bonchev–Trinajstić information content (AvgIpc) is 3.16. The number of nitrogens with zero attached hydrogens (tertiary/aromatic N) is 1. The summed E-state index contributed by atoms with van der Waals surface area (Å²) in [6.07, 6.45) is 11.0. The third-order valence-electron chi connectivity index (χ3n) is 7.74. The van der Waals surface area contributed by atoms with Crippen LogP contribution in [0.1, 0.15) is 90.4 Å². The van der Waals surface area contributed by atoms with E-state index < -0.39 is 17.4 Å². The molecule has 194 valence electrons. The maximum atomic E-state index is 13.9. The summed E-state index contributed by atoms with van der Waals surface area (Å²) in [6, 6.07) is 4.99. The first-order valence-corrected chi connectivity index (χ1v) is 13.2. The van der Waals surface area contributed by atoms with E-state index in [4.69, 9.17) is 0 Å². The van der Waals surface area contributed by atoms with Crippen LogP contribution in [0.25, 0.3) is 0 Å². The standard InChI is InChI=1S/C27H40FN3O4/c1-2-3-4-5-9-16-27(19-23(32)30-35)17-18-31(26(27)34)24(20-10-7-6-8-11-20)25(33)29-22-14-12-21(28)13-15-22/h12-15,20,24,35H,2-11,16-19H2,1H3,(H,29,33)(H,30,32)/t24-,27+/m1/s1.